The number of hydrogen-bond donors (Lipinski definition) is 1. The molecule has 0 bridgehead atoms. The number of halogens is 1. The Bertz CT molecular complexity index is 1010. The molecule has 10 heteroatoms. The summed E-state index contributed by atoms with van der Waals surface area (Å²) in [7, 11) is -4.17. The van der Waals surface area contributed by atoms with E-state index in [9.17, 15) is 18.0 Å². The van der Waals surface area contributed by atoms with Crippen molar-refractivity contribution in [2.75, 3.05) is 6.54 Å². The summed E-state index contributed by atoms with van der Waals surface area (Å²) in [6.45, 7) is 5.07. The lowest BCUT2D eigenvalue weighted by Gasteiger charge is -2.48. The van der Waals surface area contributed by atoms with Crippen LogP contribution in [0.25, 0.3) is 0 Å². The molecule has 0 saturated carbocycles. The molecule has 144 valence electrons. The van der Waals surface area contributed by atoms with E-state index in [0.29, 0.717) is 24.4 Å². The Labute approximate surface area is 161 Å². The molecule has 1 N–H and O–H groups in total. The number of hydrogen-bond acceptors (Lipinski definition) is 6. The Morgan fingerprint density at radius 2 is 1.96 bits per heavy atom. The minimum absolute atomic E-state index is 0.000200. The van der Waals surface area contributed by atoms with Gasteiger partial charge in [-0.1, -0.05) is 28.9 Å². The summed E-state index contributed by atoms with van der Waals surface area (Å²) in [6, 6.07) is 5.80. The molecule has 2 heterocycles. The van der Waals surface area contributed by atoms with Crippen molar-refractivity contribution in [1.29, 1.82) is 0 Å². The molecule has 0 radical (unpaired) electrons. The Kier molecular flexibility index (Phi) is 4.77. The summed E-state index contributed by atoms with van der Waals surface area (Å²) in [5.74, 6) is -0.880. The molecule has 0 aliphatic carbocycles. The Morgan fingerprint density at radius 1 is 1.30 bits per heavy atom. The van der Waals surface area contributed by atoms with Gasteiger partial charge in [-0.25, -0.2) is 13.1 Å². The van der Waals surface area contributed by atoms with Gasteiger partial charge in [0.2, 0.25) is 0 Å². The minimum Gasteiger partial charge on any atom is -0.361 e. The molecule has 1 aromatic heterocycles. The van der Waals surface area contributed by atoms with Crippen LogP contribution in [-0.2, 0) is 14.8 Å². The van der Waals surface area contributed by atoms with Crippen molar-refractivity contribution in [2.45, 2.75) is 37.6 Å². The Hall–Kier alpha value is -2.39. The topological polar surface area (TPSA) is 110 Å². The highest BCUT2D eigenvalue weighted by atomic mass is 35.5. The van der Waals surface area contributed by atoms with Crippen LogP contribution in [0.15, 0.2) is 33.7 Å². The lowest BCUT2D eigenvalue weighted by molar-refractivity contribution is -0.135. The normalized spacial score (nSPS) is 19.5. The molecule has 2 aromatic rings. The first kappa shape index (κ1) is 19.4. The Balaban J connectivity index is 1.84. The van der Waals surface area contributed by atoms with Crippen LogP contribution in [0.4, 0.5) is 0 Å². The quantitative estimate of drug-likeness (QED) is 0.824. The maximum atomic E-state index is 12.8. The average Bonchev–Trinajstić information content (AvgIpc) is 2.91. The zero-order chi connectivity index (χ0) is 20.0. The van der Waals surface area contributed by atoms with Gasteiger partial charge in [0.15, 0.2) is 0 Å². The van der Waals surface area contributed by atoms with Crippen LogP contribution in [0.3, 0.4) is 0 Å². The molecule has 1 atom stereocenters. The first-order chi connectivity index (χ1) is 12.6. The van der Waals surface area contributed by atoms with Crippen molar-refractivity contribution in [3.05, 3.63) is 46.3 Å². The van der Waals surface area contributed by atoms with Gasteiger partial charge in [-0.15, -0.1) is 0 Å². The largest absolute Gasteiger partial charge is 0.361 e. The average molecular weight is 412 g/mol. The van der Waals surface area contributed by atoms with Gasteiger partial charge in [0.25, 0.3) is 21.8 Å². The van der Waals surface area contributed by atoms with E-state index < -0.39 is 27.4 Å². The first-order valence-electron chi connectivity index (χ1n) is 8.14. The predicted octanol–water partition coefficient (Wildman–Crippen LogP) is 2.05. The molecule has 1 fully saturated rings. The van der Waals surface area contributed by atoms with E-state index in [4.69, 9.17) is 16.1 Å². The second kappa shape index (κ2) is 6.65. The Morgan fingerprint density at radius 3 is 2.48 bits per heavy atom. The molecule has 27 heavy (non-hydrogen) atoms. The predicted molar refractivity (Wildman–Crippen MR) is 96.8 cm³/mol. The maximum Gasteiger partial charge on any atom is 0.265 e. The SMILES string of the molecule is Cc1noc(C)c1C(=O)N1CCC1(C)C(=O)NS(=O)(=O)c1ccccc1Cl. The smallest absolute Gasteiger partial charge is 0.265 e. The van der Waals surface area contributed by atoms with E-state index in [1.54, 1.807) is 19.9 Å². The molecule has 0 spiro atoms. The highest BCUT2D eigenvalue weighted by Gasteiger charge is 2.51. The molecule has 1 aromatic carbocycles. The molecular formula is C17H18ClN3O5S. The first-order valence-corrected chi connectivity index (χ1v) is 10.0. The van der Waals surface area contributed by atoms with Crippen LogP contribution in [0.2, 0.25) is 5.02 Å². The number of aromatic nitrogens is 1. The number of nitrogens with one attached hydrogen (secondary N) is 1. The van der Waals surface area contributed by atoms with Gasteiger partial charge in [0, 0.05) is 6.54 Å². The molecule has 8 nitrogen and oxygen atoms in total. The number of carbonyl (C=O) groups is 2. The summed E-state index contributed by atoms with van der Waals surface area (Å²) >= 11 is 5.92. The van der Waals surface area contributed by atoms with Gasteiger partial charge >= 0.3 is 0 Å². The number of nitrogens with zero attached hydrogens (tertiary/aromatic N) is 2. The number of aryl methyl sites for hydroxylation is 2. The lowest BCUT2D eigenvalue weighted by atomic mass is 9.85. The van der Waals surface area contributed by atoms with Gasteiger partial charge in [0.1, 0.15) is 21.8 Å². The minimum atomic E-state index is -4.17. The lowest BCUT2D eigenvalue weighted by Crippen LogP contribution is -2.67. The second-order valence-corrected chi connectivity index (χ2v) is 8.60. The molecule has 2 amide bonds. The fourth-order valence-electron chi connectivity index (χ4n) is 2.99. The van der Waals surface area contributed by atoms with Gasteiger partial charge < -0.3 is 9.42 Å². The fourth-order valence-corrected chi connectivity index (χ4v) is 4.59. The van der Waals surface area contributed by atoms with Gasteiger partial charge in [0.05, 0.1) is 10.7 Å². The number of sulfonamides is 1. The van der Waals surface area contributed by atoms with Crippen LogP contribution in [0, 0.1) is 13.8 Å². The summed E-state index contributed by atoms with van der Waals surface area (Å²) in [5.41, 5.74) is -0.611. The van der Waals surface area contributed by atoms with Crippen LogP contribution in [0.1, 0.15) is 35.2 Å². The highest BCUT2D eigenvalue weighted by Crippen LogP contribution is 2.34. The third kappa shape index (κ3) is 3.21. The third-order valence-electron chi connectivity index (χ3n) is 4.75. The number of rotatable bonds is 4. The summed E-state index contributed by atoms with van der Waals surface area (Å²) in [5, 5.41) is 3.75. The van der Waals surface area contributed by atoms with Crippen molar-refractivity contribution in [3.63, 3.8) is 0 Å². The number of amides is 2. The second-order valence-electron chi connectivity index (χ2n) is 6.54. The van der Waals surface area contributed by atoms with Crippen molar-refractivity contribution in [2.24, 2.45) is 0 Å². The summed E-state index contributed by atoms with van der Waals surface area (Å²) in [6.07, 6.45) is 0.325. The van der Waals surface area contributed by atoms with Crippen LogP contribution >= 0.6 is 11.6 Å². The molecule has 1 aliphatic heterocycles. The number of benzene rings is 1. The number of carbonyl (C=O) groups excluding carboxylic acids is 2. The maximum absolute atomic E-state index is 12.8. The van der Waals surface area contributed by atoms with Crippen molar-refractivity contribution in [3.8, 4) is 0 Å². The van der Waals surface area contributed by atoms with E-state index in [-0.39, 0.29) is 15.5 Å². The van der Waals surface area contributed by atoms with Crippen molar-refractivity contribution in [1.82, 2.24) is 14.8 Å². The van der Waals surface area contributed by atoms with E-state index >= 15 is 0 Å². The summed E-state index contributed by atoms with van der Waals surface area (Å²) < 4.78 is 32.1. The molecule has 1 unspecified atom stereocenters. The van der Waals surface area contributed by atoms with Crippen LogP contribution in [-0.4, -0.2) is 42.4 Å². The third-order valence-corrected chi connectivity index (χ3v) is 6.58. The standard InChI is InChI=1S/C17H18ClN3O5S/c1-10-14(11(2)26-19-10)15(22)21-9-8-17(21,3)16(23)20-27(24,25)13-7-5-4-6-12(13)18/h4-7H,8-9H2,1-3H3,(H,20,23). The zero-order valence-electron chi connectivity index (χ0n) is 14.9. The molecular weight excluding hydrogens is 394 g/mol. The highest BCUT2D eigenvalue weighted by molar-refractivity contribution is 7.90. The monoisotopic (exact) mass is 411 g/mol. The van der Waals surface area contributed by atoms with E-state index in [0.717, 1.165) is 0 Å². The molecule has 3 rings (SSSR count). The van der Waals surface area contributed by atoms with Crippen LogP contribution < -0.4 is 4.72 Å². The zero-order valence-corrected chi connectivity index (χ0v) is 16.5. The van der Waals surface area contributed by atoms with Crippen molar-refractivity contribution >= 4 is 33.4 Å². The summed E-state index contributed by atoms with van der Waals surface area (Å²) in [4.78, 5) is 26.7. The van der Waals surface area contributed by atoms with E-state index in [1.807, 2.05) is 4.72 Å². The van der Waals surface area contributed by atoms with Crippen LogP contribution in [0.5, 0.6) is 0 Å². The van der Waals surface area contributed by atoms with Gasteiger partial charge in [-0.2, -0.15) is 0 Å². The fraction of sp³-hybridized carbons (Fsp3) is 0.353. The molecule has 1 saturated heterocycles. The molecule has 1 aliphatic rings. The van der Waals surface area contributed by atoms with E-state index in [1.165, 1.54) is 30.0 Å². The number of likely N-dealkylation sites (tertiary alicyclic amines) is 1. The van der Waals surface area contributed by atoms with E-state index in [2.05, 4.69) is 5.16 Å². The van der Waals surface area contributed by atoms with Gasteiger partial charge in [-0.3, -0.25) is 9.59 Å². The van der Waals surface area contributed by atoms with Gasteiger partial charge in [-0.05, 0) is 39.3 Å². The van der Waals surface area contributed by atoms with Crippen molar-refractivity contribution < 1.29 is 22.5 Å².